The Morgan fingerprint density at radius 3 is 2.76 bits per heavy atom. The number of pyridine rings is 1. The van der Waals surface area contributed by atoms with E-state index in [-0.39, 0.29) is 5.78 Å². The number of ether oxygens (including phenoxy) is 1. The van der Waals surface area contributed by atoms with Gasteiger partial charge in [0.05, 0.1) is 5.69 Å². The summed E-state index contributed by atoms with van der Waals surface area (Å²) in [7, 11) is 0. The first-order valence-corrected chi connectivity index (χ1v) is 5.37. The van der Waals surface area contributed by atoms with Crippen LogP contribution in [0, 0.1) is 6.92 Å². The molecule has 0 spiro atoms. The summed E-state index contributed by atoms with van der Waals surface area (Å²) in [5.41, 5.74) is 1.46. The lowest BCUT2D eigenvalue weighted by atomic mass is 10.1. The average molecular weight is 227 g/mol. The maximum absolute atomic E-state index is 11.2. The van der Waals surface area contributed by atoms with Crippen LogP contribution in [-0.4, -0.2) is 10.8 Å². The second-order valence-electron chi connectivity index (χ2n) is 3.77. The van der Waals surface area contributed by atoms with Gasteiger partial charge in [0, 0.05) is 11.8 Å². The zero-order chi connectivity index (χ0) is 12.3. The molecular weight excluding hydrogens is 214 g/mol. The van der Waals surface area contributed by atoms with Gasteiger partial charge in [-0.3, -0.25) is 9.78 Å². The summed E-state index contributed by atoms with van der Waals surface area (Å²) < 4.78 is 5.69. The molecule has 2 aromatic rings. The number of Topliss-reactive ketones (excluding diaryl/α,β-unsaturated/α-hetero) is 1. The number of aromatic nitrogens is 1. The first kappa shape index (κ1) is 11.3. The van der Waals surface area contributed by atoms with Crippen molar-refractivity contribution in [3.63, 3.8) is 0 Å². The van der Waals surface area contributed by atoms with Crippen molar-refractivity contribution in [2.45, 2.75) is 13.8 Å². The topological polar surface area (TPSA) is 39.2 Å². The van der Waals surface area contributed by atoms with Gasteiger partial charge in [-0.1, -0.05) is 12.1 Å². The second kappa shape index (κ2) is 4.78. The molecule has 1 aromatic carbocycles. The van der Waals surface area contributed by atoms with Gasteiger partial charge >= 0.3 is 0 Å². The minimum absolute atomic E-state index is 0.0263. The van der Waals surface area contributed by atoms with Crippen LogP contribution >= 0.6 is 0 Å². The summed E-state index contributed by atoms with van der Waals surface area (Å²) in [5, 5.41) is 0. The van der Waals surface area contributed by atoms with Crippen molar-refractivity contribution < 1.29 is 9.53 Å². The number of hydrogen-bond acceptors (Lipinski definition) is 3. The molecule has 3 nitrogen and oxygen atoms in total. The van der Waals surface area contributed by atoms with Crippen molar-refractivity contribution in [1.29, 1.82) is 0 Å². The van der Waals surface area contributed by atoms with Crippen LogP contribution in [0.15, 0.2) is 42.6 Å². The molecule has 0 amide bonds. The highest BCUT2D eigenvalue weighted by Crippen LogP contribution is 2.24. The summed E-state index contributed by atoms with van der Waals surface area (Å²) in [4.78, 5) is 15.4. The maximum atomic E-state index is 11.2. The molecule has 0 fully saturated rings. The summed E-state index contributed by atoms with van der Waals surface area (Å²) in [6.07, 6.45) is 1.72. The van der Waals surface area contributed by atoms with Crippen molar-refractivity contribution in [3.8, 4) is 11.5 Å². The number of ketones is 1. The van der Waals surface area contributed by atoms with Crippen LogP contribution in [0.1, 0.15) is 23.0 Å². The highest BCUT2D eigenvalue weighted by Gasteiger charge is 2.04. The van der Waals surface area contributed by atoms with Crippen LogP contribution in [0.3, 0.4) is 0 Å². The van der Waals surface area contributed by atoms with E-state index in [2.05, 4.69) is 4.98 Å². The number of nitrogens with zero attached hydrogens (tertiary/aromatic N) is 1. The fraction of sp³-hybridized carbons (Fsp3) is 0.143. The van der Waals surface area contributed by atoms with E-state index >= 15 is 0 Å². The Labute approximate surface area is 100 Å². The Balaban J connectivity index is 2.28. The Hall–Kier alpha value is -2.16. The summed E-state index contributed by atoms with van der Waals surface area (Å²) in [6.45, 7) is 3.42. The van der Waals surface area contributed by atoms with Crippen molar-refractivity contribution in [2.75, 3.05) is 0 Å². The normalized spacial score (nSPS) is 10.0. The van der Waals surface area contributed by atoms with Crippen LogP contribution in [0.4, 0.5) is 0 Å². The van der Waals surface area contributed by atoms with Gasteiger partial charge in [0.15, 0.2) is 5.78 Å². The molecule has 0 bridgehead atoms. The molecule has 2 rings (SSSR count). The van der Waals surface area contributed by atoms with Crippen molar-refractivity contribution in [2.24, 2.45) is 0 Å². The molecule has 0 atom stereocenters. The molecule has 0 saturated carbocycles. The smallest absolute Gasteiger partial charge is 0.159 e. The second-order valence-corrected chi connectivity index (χ2v) is 3.77. The van der Waals surface area contributed by atoms with E-state index in [0.717, 1.165) is 5.69 Å². The quantitative estimate of drug-likeness (QED) is 0.754. The Kier molecular flexibility index (Phi) is 3.19. The molecule has 0 aliphatic rings. The molecular formula is C14H13NO2. The van der Waals surface area contributed by atoms with Gasteiger partial charge in [0.25, 0.3) is 0 Å². The van der Waals surface area contributed by atoms with Gasteiger partial charge in [-0.15, -0.1) is 0 Å². The van der Waals surface area contributed by atoms with Crippen LogP contribution in [0.5, 0.6) is 11.5 Å². The summed E-state index contributed by atoms with van der Waals surface area (Å²) in [5.74, 6) is 1.38. The predicted molar refractivity (Wildman–Crippen MR) is 65.5 cm³/mol. The molecule has 3 heteroatoms. The monoisotopic (exact) mass is 227 g/mol. The van der Waals surface area contributed by atoms with E-state index in [1.807, 2.05) is 25.1 Å². The number of carbonyl (C=O) groups is 1. The molecule has 17 heavy (non-hydrogen) atoms. The number of aryl methyl sites for hydroxylation is 1. The predicted octanol–water partition coefficient (Wildman–Crippen LogP) is 3.38. The molecule has 0 unspecified atom stereocenters. The van der Waals surface area contributed by atoms with Gasteiger partial charge in [-0.2, -0.15) is 0 Å². The van der Waals surface area contributed by atoms with E-state index in [9.17, 15) is 4.79 Å². The van der Waals surface area contributed by atoms with Gasteiger partial charge in [-0.25, -0.2) is 0 Å². The molecule has 0 radical (unpaired) electrons. The van der Waals surface area contributed by atoms with Crippen molar-refractivity contribution in [3.05, 3.63) is 53.9 Å². The SMILES string of the molecule is CC(=O)c1cccc(Oc2cccnc2C)c1. The Bertz CT molecular complexity index is 549. The van der Waals surface area contributed by atoms with Crippen LogP contribution in [0.2, 0.25) is 0 Å². The highest BCUT2D eigenvalue weighted by molar-refractivity contribution is 5.94. The average Bonchev–Trinajstić information content (AvgIpc) is 2.32. The van der Waals surface area contributed by atoms with Gasteiger partial charge in [0.2, 0.25) is 0 Å². The van der Waals surface area contributed by atoms with Crippen LogP contribution in [0.25, 0.3) is 0 Å². The minimum atomic E-state index is 0.0263. The van der Waals surface area contributed by atoms with Gasteiger partial charge in [0.1, 0.15) is 11.5 Å². The molecule has 0 aliphatic heterocycles. The van der Waals surface area contributed by atoms with Crippen LogP contribution < -0.4 is 4.74 Å². The maximum Gasteiger partial charge on any atom is 0.159 e. The number of rotatable bonds is 3. The standard InChI is InChI=1S/C14H13NO2/c1-10-14(7-4-8-15-10)17-13-6-3-5-12(9-13)11(2)16/h3-9H,1-2H3. The first-order chi connectivity index (χ1) is 8.16. The third-order valence-corrected chi connectivity index (χ3v) is 2.43. The zero-order valence-corrected chi connectivity index (χ0v) is 9.81. The lowest BCUT2D eigenvalue weighted by molar-refractivity contribution is 0.101. The first-order valence-electron chi connectivity index (χ1n) is 5.37. The fourth-order valence-corrected chi connectivity index (χ4v) is 1.48. The minimum Gasteiger partial charge on any atom is -0.455 e. The molecule has 0 aliphatic carbocycles. The number of hydrogen-bond donors (Lipinski definition) is 0. The summed E-state index contributed by atoms with van der Waals surface area (Å²) in [6, 6.07) is 10.8. The molecule has 0 saturated heterocycles. The largest absolute Gasteiger partial charge is 0.455 e. The van der Waals surface area contributed by atoms with E-state index in [1.54, 1.807) is 24.4 Å². The third kappa shape index (κ3) is 2.69. The Morgan fingerprint density at radius 1 is 1.24 bits per heavy atom. The highest BCUT2D eigenvalue weighted by atomic mass is 16.5. The van der Waals surface area contributed by atoms with Crippen LogP contribution in [-0.2, 0) is 0 Å². The fourth-order valence-electron chi connectivity index (χ4n) is 1.48. The van der Waals surface area contributed by atoms with Gasteiger partial charge < -0.3 is 4.74 Å². The van der Waals surface area contributed by atoms with E-state index in [0.29, 0.717) is 17.1 Å². The van der Waals surface area contributed by atoms with Crippen molar-refractivity contribution >= 4 is 5.78 Å². The van der Waals surface area contributed by atoms with E-state index in [1.165, 1.54) is 6.92 Å². The molecule has 0 N–H and O–H groups in total. The van der Waals surface area contributed by atoms with Gasteiger partial charge in [-0.05, 0) is 38.1 Å². The molecule has 1 heterocycles. The zero-order valence-electron chi connectivity index (χ0n) is 9.81. The number of carbonyl (C=O) groups excluding carboxylic acids is 1. The lowest BCUT2D eigenvalue weighted by Crippen LogP contribution is -1.94. The third-order valence-electron chi connectivity index (χ3n) is 2.43. The molecule has 86 valence electrons. The van der Waals surface area contributed by atoms with E-state index in [4.69, 9.17) is 4.74 Å². The molecule has 1 aromatic heterocycles. The number of benzene rings is 1. The Morgan fingerprint density at radius 2 is 2.06 bits per heavy atom. The van der Waals surface area contributed by atoms with E-state index < -0.39 is 0 Å². The lowest BCUT2D eigenvalue weighted by Gasteiger charge is -2.08. The van der Waals surface area contributed by atoms with Crippen molar-refractivity contribution in [1.82, 2.24) is 4.98 Å². The summed E-state index contributed by atoms with van der Waals surface area (Å²) >= 11 is 0.